The number of carbonyl (C=O) groups is 1. The summed E-state index contributed by atoms with van der Waals surface area (Å²) in [4.78, 5) is 14.4. The van der Waals surface area contributed by atoms with Crippen molar-refractivity contribution in [3.8, 4) is 0 Å². The molecule has 1 fully saturated rings. The van der Waals surface area contributed by atoms with Crippen LogP contribution in [0.2, 0.25) is 0 Å². The molecule has 0 saturated heterocycles. The highest BCUT2D eigenvalue weighted by atomic mass is 16.2. The van der Waals surface area contributed by atoms with Gasteiger partial charge in [0.15, 0.2) is 0 Å². The lowest BCUT2D eigenvalue weighted by atomic mass is 9.89. The van der Waals surface area contributed by atoms with E-state index in [1.807, 2.05) is 11.0 Å². The molecular weight excluding hydrogens is 248 g/mol. The number of benzene rings is 1. The molecule has 20 heavy (non-hydrogen) atoms. The second-order valence-electron chi connectivity index (χ2n) is 6.24. The molecule has 1 aliphatic heterocycles. The normalized spacial score (nSPS) is 22.6. The smallest absolute Gasteiger partial charge is 0.322 e. The van der Waals surface area contributed by atoms with Crippen LogP contribution in [0.25, 0.3) is 0 Å². The third kappa shape index (κ3) is 2.67. The molecule has 0 radical (unpaired) electrons. The molecule has 2 amide bonds. The minimum atomic E-state index is 0.0769. The van der Waals surface area contributed by atoms with E-state index >= 15 is 0 Å². The van der Waals surface area contributed by atoms with Crippen molar-refractivity contribution >= 4 is 11.7 Å². The molecule has 3 rings (SSSR count). The Kier molecular flexibility index (Phi) is 3.95. The van der Waals surface area contributed by atoms with Crippen molar-refractivity contribution < 1.29 is 4.79 Å². The van der Waals surface area contributed by atoms with Crippen LogP contribution in [0.1, 0.15) is 44.6 Å². The zero-order valence-electron chi connectivity index (χ0n) is 12.3. The van der Waals surface area contributed by atoms with Gasteiger partial charge in [-0.2, -0.15) is 0 Å². The fourth-order valence-electron chi connectivity index (χ4n) is 3.58. The summed E-state index contributed by atoms with van der Waals surface area (Å²) in [6.45, 7) is 2.96. The van der Waals surface area contributed by atoms with Gasteiger partial charge in [0, 0.05) is 18.3 Å². The van der Waals surface area contributed by atoms with Crippen molar-refractivity contribution in [1.82, 2.24) is 5.32 Å². The zero-order chi connectivity index (χ0) is 13.9. The van der Waals surface area contributed by atoms with Crippen LogP contribution < -0.4 is 10.2 Å². The highest BCUT2D eigenvalue weighted by Crippen LogP contribution is 2.31. The summed E-state index contributed by atoms with van der Waals surface area (Å²) in [7, 11) is 0. The van der Waals surface area contributed by atoms with Crippen LogP contribution in [0, 0.1) is 5.92 Å². The molecule has 3 nitrogen and oxygen atoms in total. The Morgan fingerprint density at radius 1 is 1.25 bits per heavy atom. The number of nitrogens with one attached hydrogen (secondary N) is 1. The molecule has 3 heteroatoms. The number of nitrogens with zero attached hydrogens (tertiary/aromatic N) is 1. The van der Waals surface area contributed by atoms with Crippen LogP contribution in [-0.4, -0.2) is 18.6 Å². The van der Waals surface area contributed by atoms with Crippen LogP contribution in [0.5, 0.6) is 0 Å². The van der Waals surface area contributed by atoms with Gasteiger partial charge in [-0.15, -0.1) is 0 Å². The van der Waals surface area contributed by atoms with Gasteiger partial charge in [0.2, 0.25) is 0 Å². The Bertz CT molecular complexity index is 480. The zero-order valence-corrected chi connectivity index (χ0v) is 12.3. The van der Waals surface area contributed by atoms with Crippen LogP contribution in [-0.2, 0) is 6.42 Å². The minimum absolute atomic E-state index is 0.0769. The second-order valence-corrected chi connectivity index (χ2v) is 6.24. The Morgan fingerprint density at radius 3 is 2.80 bits per heavy atom. The first kappa shape index (κ1) is 13.5. The van der Waals surface area contributed by atoms with Crippen molar-refractivity contribution in [3.05, 3.63) is 29.8 Å². The van der Waals surface area contributed by atoms with E-state index in [1.54, 1.807) is 0 Å². The third-order valence-corrected chi connectivity index (χ3v) is 4.69. The van der Waals surface area contributed by atoms with Gasteiger partial charge in [-0.05, 0) is 43.7 Å². The number of carbonyl (C=O) groups excluding carboxylic acids is 1. The van der Waals surface area contributed by atoms with Crippen LogP contribution in [0.15, 0.2) is 24.3 Å². The number of anilines is 1. The van der Waals surface area contributed by atoms with E-state index in [1.165, 1.54) is 37.7 Å². The average molecular weight is 272 g/mol. The number of hydrogen-bond acceptors (Lipinski definition) is 1. The number of urea groups is 1. The molecule has 0 aromatic heterocycles. The quantitative estimate of drug-likeness (QED) is 0.874. The van der Waals surface area contributed by atoms with E-state index in [4.69, 9.17) is 0 Å². The molecule has 1 N–H and O–H groups in total. The molecule has 1 unspecified atom stereocenters. The van der Waals surface area contributed by atoms with Crippen molar-refractivity contribution in [2.45, 2.75) is 51.5 Å². The fraction of sp³-hybridized carbons (Fsp3) is 0.588. The lowest BCUT2D eigenvalue weighted by molar-refractivity contribution is 0.240. The Morgan fingerprint density at radius 2 is 2.00 bits per heavy atom. The monoisotopic (exact) mass is 272 g/mol. The fourth-order valence-corrected chi connectivity index (χ4v) is 3.58. The first-order valence-electron chi connectivity index (χ1n) is 7.90. The summed E-state index contributed by atoms with van der Waals surface area (Å²) in [5.41, 5.74) is 2.37. The molecule has 1 atom stereocenters. The number of rotatable bonds is 2. The van der Waals surface area contributed by atoms with E-state index in [-0.39, 0.29) is 12.1 Å². The van der Waals surface area contributed by atoms with Crippen LogP contribution in [0.4, 0.5) is 10.5 Å². The van der Waals surface area contributed by atoms with E-state index in [0.717, 1.165) is 18.7 Å². The van der Waals surface area contributed by atoms with Gasteiger partial charge in [0.1, 0.15) is 0 Å². The largest absolute Gasteiger partial charge is 0.337 e. The standard InChI is InChI=1S/C17H24N2O/c1-13-11-15-9-5-6-10-16(15)19(13)17(20)18-12-14-7-3-2-4-8-14/h5-6,9-10,13-14H,2-4,7-8,11-12H2,1H3,(H,18,20). The summed E-state index contributed by atoms with van der Waals surface area (Å²) in [6, 6.07) is 8.58. The lowest BCUT2D eigenvalue weighted by Gasteiger charge is -2.26. The van der Waals surface area contributed by atoms with Crippen molar-refractivity contribution in [3.63, 3.8) is 0 Å². The number of fused-ring (bicyclic) bond motifs is 1. The van der Waals surface area contributed by atoms with Gasteiger partial charge in [-0.25, -0.2) is 4.79 Å². The lowest BCUT2D eigenvalue weighted by Crippen LogP contribution is -2.44. The van der Waals surface area contributed by atoms with Crippen molar-refractivity contribution in [2.75, 3.05) is 11.4 Å². The number of hydrogen-bond donors (Lipinski definition) is 1. The Labute approximate surface area is 121 Å². The average Bonchev–Trinajstić information content (AvgIpc) is 2.82. The van der Waals surface area contributed by atoms with Gasteiger partial charge < -0.3 is 5.32 Å². The molecule has 1 aromatic rings. The molecule has 1 aliphatic carbocycles. The molecule has 0 spiro atoms. The Hall–Kier alpha value is -1.51. The maximum atomic E-state index is 12.5. The highest BCUT2D eigenvalue weighted by molar-refractivity contribution is 5.94. The van der Waals surface area contributed by atoms with Gasteiger partial charge in [-0.1, -0.05) is 37.5 Å². The van der Waals surface area contributed by atoms with Gasteiger partial charge in [0.25, 0.3) is 0 Å². The molecule has 1 heterocycles. The van der Waals surface area contributed by atoms with Crippen molar-refractivity contribution in [2.24, 2.45) is 5.92 Å². The van der Waals surface area contributed by atoms with E-state index in [9.17, 15) is 4.79 Å². The highest BCUT2D eigenvalue weighted by Gasteiger charge is 2.30. The molecule has 1 aromatic carbocycles. The predicted molar refractivity (Wildman–Crippen MR) is 82.1 cm³/mol. The molecule has 1 saturated carbocycles. The molecule has 2 aliphatic rings. The maximum absolute atomic E-state index is 12.5. The predicted octanol–water partition coefficient (Wildman–Crippen LogP) is 3.73. The first-order valence-corrected chi connectivity index (χ1v) is 7.90. The first-order chi connectivity index (χ1) is 9.75. The van der Waals surface area contributed by atoms with Gasteiger partial charge in [0.05, 0.1) is 0 Å². The summed E-state index contributed by atoms with van der Waals surface area (Å²) >= 11 is 0. The summed E-state index contributed by atoms with van der Waals surface area (Å²) in [6.07, 6.45) is 7.51. The number of amides is 2. The molecule has 0 bridgehead atoms. The maximum Gasteiger partial charge on any atom is 0.322 e. The van der Waals surface area contributed by atoms with E-state index in [2.05, 4.69) is 30.4 Å². The Balaban J connectivity index is 1.62. The van der Waals surface area contributed by atoms with Gasteiger partial charge in [-0.3, -0.25) is 4.90 Å². The minimum Gasteiger partial charge on any atom is -0.337 e. The van der Waals surface area contributed by atoms with Gasteiger partial charge >= 0.3 is 6.03 Å². The summed E-state index contributed by atoms with van der Waals surface area (Å²) in [5, 5.41) is 3.15. The second kappa shape index (κ2) is 5.86. The van der Waals surface area contributed by atoms with E-state index < -0.39 is 0 Å². The SMILES string of the molecule is CC1Cc2ccccc2N1C(=O)NCC1CCCCC1. The molecule has 108 valence electrons. The number of para-hydroxylation sites is 1. The third-order valence-electron chi connectivity index (χ3n) is 4.69. The molecular formula is C17H24N2O. The van der Waals surface area contributed by atoms with Crippen LogP contribution >= 0.6 is 0 Å². The van der Waals surface area contributed by atoms with Crippen molar-refractivity contribution in [1.29, 1.82) is 0 Å². The topological polar surface area (TPSA) is 32.3 Å². The summed E-state index contributed by atoms with van der Waals surface area (Å²) in [5.74, 6) is 0.681. The summed E-state index contributed by atoms with van der Waals surface area (Å²) < 4.78 is 0. The van der Waals surface area contributed by atoms with E-state index in [0.29, 0.717) is 5.92 Å². The van der Waals surface area contributed by atoms with Crippen LogP contribution in [0.3, 0.4) is 0 Å².